The normalized spacial score (nSPS) is 17.8. The predicted molar refractivity (Wildman–Crippen MR) is 87.3 cm³/mol. The number of ether oxygens (including phenoxy) is 1. The van der Waals surface area contributed by atoms with Gasteiger partial charge in [0.05, 0.1) is 23.7 Å². The van der Waals surface area contributed by atoms with E-state index in [2.05, 4.69) is 9.82 Å². The molecule has 10 heteroatoms. The number of aromatic nitrogens is 2. The molecule has 6 nitrogen and oxygen atoms in total. The highest BCUT2D eigenvalue weighted by atomic mass is 32.2. The van der Waals surface area contributed by atoms with Crippen LogP contribution in [0.1, 0.15) is 30.1 Å². The first-order valence-electron chi connectivity index (χ1n) is 7.97. The van der Waals surface area contributed by atoms with Gasteiger partial charge in [-0.3, -0.25) is 4.68 Å². The quantitative estimate of drug-likeness (QED) is 0.854. The summed E-state index contributed by atoms with van der Waals surface area (Å²) >= 11 is 0. The van der Waals surface area contributed by atoms with E-state index in [1.165, 1.54) is 37.6 Å². The lowest BCUT2D eigenvalue weighted by Crippen LogP contribution is -2.31. The fourth-order valence-electron chi connectivity index (χ4n) is 2.99. The molecule has 0 unspecified atom stereocenters. The minimum absolute atomic E-state index is 0.0557. The molecule has 0 spiro atoms. The van der Waals surface area contributed by atoms with E-state index in [1.54, 1.807) is 0 Å². The number of hydrogen-bond donors (Lipinski definition) is 1. The van der Waals surface area contributed by atoms with Crippen molar-refractivity contribution in [3.8, 4) is 5.75 Å². The molecule has 1 aliphatic carbocycles. The topological polar surface area (TPSA) is 73.2 Å². The summed E-state index contributed by atoms with van der Waals surface area (Å²) in [6.45, 7) is -1.20. The van der Waals surface area contributed by atoms with Crippen molar-refractivity contribution in [1.82, 2.24) is 14.5 Å². The molecular weight excluding hydrogens is 371 g/mol. The van der Waals surface area contributed by atoms with Crippen molar-refractivity contribution in [3.05, 3.63) is 41.7 Å². The zero-order valence-electron chi connectivity index (χ0n) is 14.0. The van der Waals surface area contributed by atoms with Gasteiger partial charge in [-0.05, 0) is 49.1 Å². The minimum Gasteiger partial charge on any atom is -0.497 e. The van der Waals surface area contributed by atoms with E-state index < -0.39 is 28.8 Å². The molecule has 0 fully saturated rings. The molecule has 0 saturated carbocycles. The van der Waals surface area contributed by atoms with Gasteiger partial charge in [-0.15, -0.1) is 0 Å². The summed E-state index contributed by atoms with van der Waals surface area (Å²) in [6, 6.07) is 5.22. The Balaban J connectivity index is 1.82. The molecule has 3 rings (SSSR count). The predicted octanol–water partition coefficient (Wildman–Crippen LogP) is 2.81. The number of benzene rings is 1. The standard InChI is InChI=1S/C16H18F3N3O3S/c1-25-12-5-7-13(8-6-12)26(23,24)21-14-4-2-3-11-9-22(20-15(11)14)10-16(17,18)19/h5-9,14,21H,2-4,10H2,1H3/t14-/m0/s1. The summed E-state index contributed by atoms with van der Waals surface area (Å²) in [5.41, 5.74) is 1.00. The molecule has 1 aromatic heterocycles. The summed E-state index contributed by atoms with van der Waals surface area (Å²) in [6.07, 6.45) is -1.32. The lowest BCUT2D eigenvalue weighted by molar-refractivity contribution is -0.142. The van der Waals surface area contributed by atoms with Crippen LogP contribution in [0.25, 0.3) is 0 Å². The van der Waals surface area contributed by atoms with Gasteiger partial charge in [0.25, 0.3) is 0 Å². The minimum atomic E-state index is -4.38. The number of sulfonamides is 1. The molecule has 142 valence electrons. The Labute approximate surface area is 149 Å². The second kappa shape index (κ2) is 6.92. The highest BCUT2D eigenvalue weighted by molar-refractivity contribution is 7.89. The van der Waals surface area contributed by atoms with Crippen LogP contribution in [0.2, 0.25) is 0 Å². The molecule has 1 aromatic carbocycles. The average molecular weight is 389 g/mol. The van der Waals surface area contributed by atoms with Gasteiger partial charge >= 0.3 is 6.18 Å². The van der Waals surface area contributed by atoms with E-state index >= 15 is 0 Å². The maximum atomic E-state index is 12.6. The first-order chi connectivity index (χ1) is 12.2. The van der Waals surface area contributed by atoms with Crippen molar-refractivity contribution in [2.75, 3.05) is 7.11 Å². The third-order valence-corrected chi connectivity index (χ3v) is 5.64. The number of alkyl halides is 3. The first kappa shape index (κ1) is 18.7. The monoisotopic (exact) mass is 389 g/mol. The van der Waals surface area contributed by atoms with Crippen molar-refractivity contribution in [1.29, 1.82) is 0 Å². The number of methoxy groups -OCH3 is 1. The Kier molecular flexibility index (Phi) is 4.98. The van der Waals surface area contributed by atoms with E-state index in [4.69, 9.17) is 4.74 Å². The van der Waals surface area contributed by atoms with Crippen molar-refractivity contribution in [2.45, 2.75) is 42.9 Å². The van der Waals surface area contributed by atoms with Gasteiger partial charge < -0.3 is 4.74 Å². The van der Waals surface area contributed by atoms with Gasteiger partial charge in [0.1, 0.15) is 12.3 Å². The van der Waals surface area contributed by atoms with Gasteiger partial charge in [0, 0.05) is 6.20 Å². The summed E-state index contributed by atoms with van der Waals surface area (Å²) in [5, 5.41) is 3.97. The maximum absolute atomic E-state index is 12.6. The van der Waals surface area contributed by atoms with Crippen molar-refractivity contribution < 1.29 is 26.3 Å². The lowest BCUT2D eigenvalue weighted by atomic mass is 9.94. The Hall–Kier alpha value is -2.07. The molecule has 0 aliphatic heterocycles. The summed E-state index contributed by atoms with van der Waals surface area (Å²) in [5.74, 6) is 0.523. The van der Waals surface area contributed by atoms with Crippen LogP contribution in [0.3, 0.4) is 0 Å². The van der Waals surface area contributed by atoms with Crippen LogP contribution >= 0.6 is 0 Å². The lowest BCUT2D eigenvalue weighted by Gasteiger charge is -2.22. The van der Waals surface area contributed by atoms with E-state index in [0.29, 0.717) is 36.3 Å². The van der Waals surface area contributed by atoms with Gasteiger partial charge in [-0.25, -0.2) is 13.1 Å². The molecule has 2 aromatic rings. The highest BCUT2D eigenvalue weighted by Crippen LogP contribution is 2.31. The Morgan fingerprint density at radius 3 is 2.62 bits per heavy atom. The maximum Gasteiger partial charge on any atom is 0.408 e. The molecule has 1 atom stereocenters. The van der Waals surface area contributed by atoms with Crippen LogP contribution < -0.4 is 9.46 Å². The zero-order chi connectivity index (χ0) is 18.9. The molecule has 1 N–H and O–H groups in total. The molecule has 0 bridgehead atoms. The SMILES string of the molecule is COc1ccc(S(=O)(=O)N[C@H]2CCCc3cn(CC(F)(F)F)nc32)cc1. The molecule has 1 heterocycles. The smallest absolute Gasteiger partial charge is 0.408 e. The number of hydrogen-bond acceptors (Lipinski definition) is 4. The third kappa shape index (κ3) is 4.18. The first-order valence-corrected chi connectivity index (χ1v) is 9.45. The number of halogens is 3. The second-order valence-electron chi connectivity index (χ2n) is 6.09. The number of nitrogens with zero attached hydrogens (tertiary/aromatic N) is 2. The highest BCUT2D eigenvalue weighted by Gasteiger charge is 2.32. The molecule has 0 saturated heterocycles. The summed E-state index contributed by atoms with van der Waals surface area (Å²) in [4.78, 5) is 0.0557. The number of rotatable bonds is 5. The van der Waals surface area contributed by atoms with Crippen LogP contribution in [0.15, 0.2) is 35.4 Å². The zero-order valence-corrected chi connectivity index (χ0v) is 14.8. The van der Waals surface area contributed by atoms with Crippen LogP contribution in [-0.2, 0) is 23.0 Å². The Morgan fingerprint density at radius 1 is 1.31 bits per heavy atom. The largest absolute Gasteiger partial charge is 0.497 e. The van der Waals surface area contributed by atoms with Gasteiger partial charge in [-0.1, -0.05) is 0 Å². The number of aryl methyl sites for hydroxylation is 1. The summed E-state index contributed by atoms with van der Waals surface area (Å²) in [7, 11) is -2.36. The Morgan fingerprint density at radius 2 is 2.00 bits per heavy atom. The molecule has 26 heavy (non-hydrogen) atoms. The van der Waals surface area contributed by atoms with E-state index in [0.717, 1.165) is 4.68 Å². The van der Waals surface area contributed by atoms with Crippen LogP contribution in [-0.4, -0.2) is 31.5 Å². The van der Waals surface area contributed by atoms with Gasteiger partial charge in [0.15, 0.2) is 0 Å². The number of fused-ring (bicyclic) bond motifs is 1. The fraction of sp³-hybridized carbons (Fsp3) is 0.438. The van der Waals surface area contributed by atoms with E-state index in [-0.39, 0.29) is 4.90 Å². The van der Waals surface area contributed by atoms with Crippen molar-refractivity contribution in [3.63, 3.8) is 0 Å². The third-order valence-electron chi connectivity index (χ3n) is 4.15. The van der Waals surface area contributed by atoms with Crippen LogP contribution in [0.4, 0.5) is 13.2 Å². The fourth-order valence-corrected chi connectivity index (χ4v) is 4.22. The van der Waals surface area contributed by atoms with E-state index in [1.807, 2.05) is 0 Å². The molecule has 1 aliphatic rings. The van der Waals surface area contributed by atoms with Gasteiger partial charge in [-0.2, -0.15) is 18.3 Å². The molecule has 0 amide bonds. The Bertz CT molecular complexity index is 876. The molecular formula is C16H18F3N3O3S. The molecule has 0 radical (unpaired) electrons. The second-order valence-corrected chi connectivity index (χ2v) is 7.81. The van der Waals surface area contributed by atoms with Crippen molar-refractivity contribution >= 4 is 10.0 Å². The van der Waals surface area contributed by atoms with E-state index in [9.17, 15) is 21.6 Å². The van der Waals surface area contributed by atoms with Crippen LogP contribution in [0.5, 0.6) is 5.75 Å². The average Bonchev–Trinajstić information content (AvgIpc) is 2.96. The number of nitrogens with one attached hydrogen (secondary N) is 1. The van der Waals surface area contributed by atoms with Crippen LogP contribution in [0, 0.1) is 0 Å². The van der Waals surface area contributed by atoms with Crippen molar-refractivity contribution in [2.24, 2.45) is 0 Å². The summed E-state index contributed by atoms with van der Waals surface area (Å²) < 4.78 is 71.3. The van der Waals surface area contributed by atoms with Gasteiger partial charge in [0.2, 0.25) is 10.0 Å².